The van der Waals surface area contributed by atoms with Crippen LogP contribution < -0.4 is 5.73 Å². The average molecular weight is 344 g/mol. The lowest BCUT2D eigenvalue weighted by molar-refractivity contribution is 0.0738. The van der Waals surface area contributed by atoms with Gasteiger partial charge in [-0.15, -0.1) is 10.2 Å². The number of aromatic nitrogens is 2. The normalized spacial score (nSPS) is 14.5. The molecule has 26 heavy (non-hydrogen) atoms. The first-order chi connectivity index (χ1) is 12.7. The summed E-state index contributed by atoms with van der Waals surface area (Å²) in [6.07, 6.45) is 3.94. The van der Waals surface area contributed by atoms with Gasteiger partial charge in [0.1, 0.15) is 0 Å². The summed E-state index contributed by atoms with van der Waals surface area (Å²) in [5.41, 5.74) is 10.1. The third kappa shape index (κ3) is 3.16. The van der Waals surface area contributed by atoms with Crippen LogP contribution in [-0.2, 0) is 0 Å². The molecular weight excluding hydrogens is 324 g/mol. The molecule has 2 heterocycles. The number of hydrogen-bond acceptors (Lipinski definition) is 4. The fourth-order valence-corrected chi connectivity index (χ4v) is 3.31. The highest BCUT2D eigenvalue weighted by Gasteiger charge is 2.24. The highest BCUT2D eigenvalue weighted by Crippen LogP contribution is 2.25. The predicted molar refractivity (Wildman–Crippen MR) is 104 cm³/mol. The van der Waals surface area contributed by atoms with Crippen molar-refractivity contribution in [1.29, 1.82) is 0 Å². The molecule has 0 saturated carbocycles. The molecule has 1 saturated heterocycles. The number of anilines is 1. The van der Waals surface area contributed by atoms with Crippen molar-refractivity contribution in [2.45, 2.75) is 12.8 Å². The summed E-state index contributed by atoms with van der Waals surface area (Å²) < 4.78 is 0. The second-order valence-electron chi connectivity index (χ2n) is 6.48. The van der Waals surface area contributed by atoms with E-state index in [0.29, 0.717) is 24.3 Å². The van der Waals surface area contributed by atoms with E-state index in [4.69, 9.17) is 5.73 Å². The van der Waals surface area contributed by atoms with Crippen molar-refractivity contribution >= 4 is 28.6 Å². The van der Waals surface area contributed by atoms with E-state index in [-0.39, 0.29) is 11.6 Å². The largest absolute Gasteiger partial charge is 0.396 e. The summed E-state index contributed by atoms with van der Waals surface area (Å²) in [7, 11) is 0. The van der Waals surface area contributed by atoms with Crippen molar-refractivity contribution < 1.29 is 4.79 Å². The smallest absolute Gasteiger partial charge is 0.276 e. The van der Waals surface area contributed by atoms with E-state index in [1.165, 1.54) is 11.1 Å². The maximum absolute atomic E-state index is 12.9. The van der Waals surface area contributed by atoms with Crippen molar-refractivity contribution in [2.24, 2.45) is 0 Å². The summed E-state index contributed by atoms with van der Waals surface area (Å²) in [4.78, 5) is 14.7. The predicted octanol–water partition coefficient (Wildman–Crippen LogP) is 3.53. The molecule has 1 aliphatic rings. The van der Waals surface area contributed by atoms with Gasteiger partial charge in [0.2, 0.25) is 0 Å². The summed E-state index contributed by atoms with van der Waals surface area (Å²) >= 11 is 0. The van der Waals surface area contributed by atoms with Crippen molar-refractivity contribution in [3.63, 3.8) is 0 Å². The lowest BCUT2D eigenvalue weighted by Gasteiger charge is -2.28. The van der Waals surface area contributed by atoms with E-state index in [0.717, 1.165) is 18.2 Å². The van der Waals surface area contributed by atoms with E-state index in [9.17, 15) is 4.79 Å². The van der Waals surface area contributed by atoms with Crippen molar-refractivity contribution in [1.82, 2.24) is 15.1 Å². The molecule has 130 valence electrons. The van der Waals surface area contributed by atoms with Crippen LogP contribution in [0.5, 0.6) is 0 Å². The van der Waals surface area contributed by atoms with Crippen LogP contribution in [0.2, 0.25) is 0 Å². The minimum Gasteiger partial charge on any atom is -0.396 e. The highest BCUT2D eigenvalue weighted by molar-refractivity contribution is 6.04. The molecule has 0 unspecified atom stereocenters. The summed E-state index contributed by atoms with van der Waals surface area (Å²) in [6, 6.07) is 17.7. The van der Waals surface area contributed by atoms with E-state index in [1.807, 2.05) is 47.4 Å². The van der Waals surface area contributed by atoms with E-state index in [1.54, 1.807) is 0 Å². The Morgan fingerprint density at radius 2 is 1.65 bits per heavy atom. The number of carbonyl (C=O) groups is 1. The number of nitrogen functional groups attached to an aromatic ring is 1. The molecule has 2 aromatic carbocycles. The number of amides is 1. The van der Waals surface area contributed by atoms with Gasteiger partial charge in [-0.05, 0) is 24.5 Å². The monoisotopic (exact) mass is 344 g/mol. The number of piperidine rings is 1. The lowest BCUT2D eigenvalue weighted by atomic mass is 10.0. The van der Waals surface area contributed by atoms with Crippen LogP contribution in [-0.4, -0.2) is 34.1 Å². The van der Waals surface area contributed by atoms with Gasteiger partial charge < -0.3 is 10.6 Å². The summed E-state index contributed by atoms with van der Waals surface area (Å²) in [6.45, 7) is 1.34. The zero-order valence-electron chi connectivity index (χ0n) is 14.4. The molecule has 2 N–H and O–H groups in total. The summed E-state index contributed by atoms with van der Waals surface area (Å²) in [5.74, 6) is -0.139. The van der Waals surface area contributed by atoms with Crippen molar-refractivity contribution in [3.05, 3.63) is 71.4 Å². The van der Waals surface area contributed by atoms with E-state index >= 15 is 0 Å². The number of likely N-dealkylation sites (tertiary alicyclic amines) is 1. The van der Waals surface area contributed by atoms with Crippen LogP contribution in [0, 0.1) is 0 Å². The van der Waals surface area contributed by atoms with Gasteiger partial charge in [-0.25, -0.2) is 0 Å². The molecule has 0 bridgehead atoms. The Labute approximate surface area is 152 Å². The maximum atomic E-state index is 12.9. The summed E-state index contributed by atoms with van der Waals surface area (Å²) in [5, 5.41) is 9.00. The van der Waals surface area contributed by atoms with Gasteiger partial charge in [-0.1, -0.05) is 60.2 Å². The zero-order valence-corrected chi connectivity index (χ0v) is 14.4. The Bertz CT molecular complexity index is 972. The van der Waals surface area contributed by atoms with Crippen LogP contribution in [0.1, 0.15) is 28.9 Å². The quantitative estimate of drug-likeness (QED) is 0.772. The van der Waals surface area contributed by atoms with Crippen LogP contribution in [0.15, 0.2) is 60.2 Å². The minimum absolute atomic E-state index is 0.139. The molecule has 1 fully saturated rings. The van der Waals surface area contributed by atoms with Gasteiger partial charge in [-0.2, -0.15) is 0 Å². The molecule has 1 aromatic heterocycles. The Balaban J connectivity index is 1.50. The van der Waals surface area contributed by atoms with Gasteiger partial charge >= 0.3 is 0 Å². The molecule has 0 radical (unpaired) electrons. The van der Waals surface area contributed by atoms with Gasteiger partial charge in [0.25, 0.3) is 5.91 Å². The second-order valence-corrected chi connectivity index (χ2v) is 6.48. The van der Waals surface area contributed by atoms with Gasteiger partial charge in [0.15, 0.2) is 5.69 Å². The Hall–Kier alpha value is -3.21. The Morgan fingerprint density at radius 1 is 0.962 bits per heavy atom. The molecule has 5 heteroatoms. The first kappa shape index (κ1) is 16.3. The highest BCUT2D eigenvalue weighted by atomic mass is 16.2. The van der Waals surface area contributed by atoms with E-state index in [2.05, 4.69) is 28.4 Å². The van der Waals surface area contributed by atoms with Gasteiger partial charge in [0, 0.05) is 18.5 Å². The third-order valence-electron chi connectivity index (χ3n) is 4.77. The van der Waals surface area contributed by atoms with Crippen LogP contribution in [0.3, 0.4) is 0 Å². The SMILES string of the molecule is Nc1c(C(=O)N2CCC(=Cc3ccccc3)CC2)nnc2ccccc12. The number of hydrogen-bond donors (Lipinski definition) is 1. The molecule has 0 atom stereocenters. The first-order valence-electron chi connectivity index (χ1n) is 8.77. The topological polar surface area (TPSA) is 72.1 Å². The van der Waals surface area contributed by atoms with Crippen molar-refractivity contribution in [2.75, 3.05) is 18.8 Å². The minimum atomic E-state index is -0.139. The van der Waals surface area contributed by atoms with Crippen molar-refractivity contribution in [3.8, 4) is 0 Å². The lowest BCUT2D eigenvalue weighted by Crippen LogP contribution is -2.37. The average Bonchev–Trinajstić information content (AvgIpc) is 2.69. The molecular formula is C21H20N4O. The van der Waals surface area contributed by atoms with Crippen LogP contribution in [0.4, 0.5) is 5.69 Å². The molecule has 0 aliphatic carbocycles. The molecule has 0 spiro atoms. The number of nitrogens with zero attached hydrogens (tertiary/aromatic N) is 3. The Morgan fingerprint density at radius 3 is 2.42 bits per heavy atom. The molecule has 4 rings (SSSR count). The number of rotatable bonds is 2. The molecule has 3 aromatic rings. The molecule has 1 amide bonds. The second kappa shape index (κ2) is 6.96. The van der Waals surface area contributed by atoms with E-state index < -0.39 is 0 Å². The molecule has 1 aliphatic heterocycles. The van der Waals surface area contributed by atoms with Gasteiger partial charge in [-0.3, -0.25) is 4.79 Å². The number of carbonyl (C=O) groups excluding carboxylic acids is 1. The third-order valence-corrected chi connectivity index (χ3v) is 4.77. The standard InChI is InChI=1S/C21H20N4O/c22-19-17-8-4-5-9-18(17)23-24-20(19)21(26)25-12-10-16(11-13-25)14-15-6-2-1-3-7-15/h1-9,14H,10-13H2,(H2,22,23). The fraction of sp³-hybridized carbons (Fsp3) is 0.190. The maximum Gasteiger partial charge on any atom is 0.276 e. The number of benzene rings is 2. The fourth-order valence-electron chi connectivity index (χ4n) is 3.31. The van der Waals surface area contributed by atoms with Crippen LogP contribution >= 0.6 is 0 Å². The van der Waals surface area contributed by atoms with Crippen LogP contribution in [0.25, 0.3) is 17.0 Å². The van der Waals surface area contributed by atoms with Gasteiger partial charge in [0.05, 0.1) is 11.2 Å². The first-order valence-corrected chi connectivity index (χ1v) is 8.77. The number of nitrogens with two attached hydrogens (primary N) is 1. The zero-order chi connectivity index (χ0) is 17.9. The Kier molecular flexibility index (Phi) is 4.35. The number of fused-ring (bicyclic) bond motifs is 1. The molecule has 5 nitrogen and oxygen atoms in total.